The topological polar surface area (TPSA) is 99.5 Å². The van der Waals surface area contributed by atoms with E-state index in [4.69, 9.17) is 19.7 Å². The fourth-order valence-electron chi connectivity index (χ4n) is 3.97. The number of benzene rings is 3. The molecule has 0 radical (unpaired) electrons. The molecule has 0 aromatic heterocycles. The van der Waals surface area contributed by atoms with Gasteiger partial charge in [-0.1, -0.05) is 36.4 Å². The lowest BCUT2D eigenvalue weighted by atomic mass is 10.0. The van der Waals surface area contributed by atoms with Gasteiger partial charge in [-0.3, -0.25) is 0 Å². The third kappa shape index (κ3) is 4.88. The fraction of sp³-hybridized carbons (Fsp3) is 0.231. The second kappa shape index (κ2) is 10.8. The monoisotopic (exact) mass is 462 g/mol. The number of para-hydroxylation sites is 2. The van der Waals surface area contributed by atoms with Crippen molar-refractivity contribution < 1.29 is 29.3 Å². The Morgan fingerprint density at radius 1 is 0.676 bits per heavy atom. The van der Waals surface area contributed by atoms with Gasteiger partial charge in [0.2, 0.25) is 0 Å². The second-order valence-corrected chi connectivity index (χ2v) is 7.58. The van der Waals surface area contributed by atoms with Crippen molar-refractivity contribution in [1.29, 1.82) is 0 Å². The number of ether oxygens (including phenoxy) is 2. The van der Waals surface area contributed by atoms with Gasteiger partial charge in [-0.15, -0.1) is 0 Å². The molecule has 0 atom stereocenters. The molecule has 8 nitrogen and oxygen atoms in total. The minimum Gasteiger partial charge on any atom is -0.460 e. The van der Waals surface area contributed by atoms with E-state index in [1.807, 2.05) is 60.7 Å². The van der Waals surface area contributed by atoms with Crippen LogP contribution in [0.5, 0.6) is 0 Å². The molecule has 4 rings (SSSR count). The van der Waals surface area contributed by atoms with Crippen molar-refractivity contribution in [3.05, 3.63) is 83.9 Å². The maximum atomic E-state index is 12.9. The Morgan fingerprint density at radius 3 is 1.41 bits per heavy atom. The van der Waals surface area contributed by atoms with Gasteiger partial charge in [0, 0.05) is 24.5 Å². The van der Waals surface area contributed by atoms with Crippen molar-refractivity contribution in [2.45, 2.75) is 0 Å². The van der Waals surface area contributed by atoms with Gasteiger partial charge in [0.05, 0.1) is 35.7 Å². The predicted octanol–water partition coefficient (Wildman–Crippen LogP) is 3.27. The Bertz CT molecular complexity index is 1050. The number of carbonyl (C=O) groups excluding carboxylic acids is 2. The summed E-state index contributed by atoms with van der Waals surface area (Å²) in [5, 5.41) is 18.2. The van der Waals surface area contributed by atoms with Crippen molar-refractivity contribution >= 4 is 34.7 Å². The summed E-state index contributed by atoms with van der Waals surface area (Å²) in [7, 11) is 0. The van der Waals surface area contributed by atoms with E-state index >= 15 is 0 Å². The standard InChI is InChI=1S/C26H26N2O6/c29-13-15-33-25(31)21-17-23-24(18-22(21)26(32)34-16-14-30)28(20-9-5-2-6-10-20)12-11-27(23)19-7-3-1-4-8-19/h1-10,17-18,29-30H,11-16H2. The van der Waals surface area contributed by atoms with Crippen LogP contribution >= 0.6 is 0 Å². The van der Waals surface area contributed by atoms with Gasteiger partial charge in [-0.25, -0.2) is 9.59 Å². The first kappa shape index (κ1) is 23.3. The summed E-state index contributed by atoms with van der Waals surface area (Å²) in [6, 6.07) is 22.8. The number of aliphatic hydroxyl groups is 2. The molecule has 3 aromatic rings. The third-order valence-corrected chi connectivity index (χ3v) is 5.47. The van der Waals surface area contributed by atoms with E-state index in [0.29, 0.717) is 13.1 Å². The zero-order valence-electron chi connectivity index (χ0n) is 18.6. The van der Waals surface area contributed by atoms with E-state index in [1.165, 1.54) is 0 Å². The zero-order valence-corrected chi connectivity index (χ0v) is 18.6. The van der Waals surface area contributed by atoms with E-state index in [1.54, 1.807) is 12.1 Å². The summed E-state index contributed by atoms with van der Waals surface area (Å²) in [5.74, 6) is -1.48. The number of rotatable bonds is 8. The molecule has 0 saturated carbocycles. The third-order valence-electron chi connectivity index (χ3n) is 5.47. The van der Waals surface area contributed by atoms with Crippen LogP contribution in [0, 0.1) is 0 Å². The molecular weight excluding hydrogens is 436 g/mol. The minimum atomic E-state index is -0.738. The quantitative estimate of drug-likeness (QED) is 0.492. The number of carbonyl (C=O) groups is 2. The summed E-state index contributed by atoms with van der Waals surface area (Å²) < 4.78 is 10.3. The van der Waals surface area contributed by atoms with Crippen molar-refractivity contribution in [3.8, 4) is 0 Å². The molecule has 0 fully saturated rings. The van der Waals surface area contributed by atoms with Gasteiger partial charge in [0.1, 0.15) is 13.2 Å². The lowest BCUT2D eigenvalue weighted by molar-refractivity contribution is 0.0389. The molecule has 176 valence electrons. The molecular formula is C26H26N2O6. The lowest BCUT2D eigenvalue weighted by Crippen LogP contribution is -2.37. The van der Waals surface area contributed by atoms with E-state index in [9.17, 15) is 9.59 Å². The average molecular weight is 463 g/mol. The van der Waals surface area contributed by atoms with Gasteiger partial charge in [0.25, 0.3) is 0 Å². The minimum absolute atomic E-state index is 0.0333. The highest BCUT2D eigenvalue weighted by molar-refractivity contribution is 6.06. The van der Waals surface area contributed by atoms with Crippen molar-refractivity contribution in [3.63, 3.8) is 0 Å². The number of fused-ring (bicyclic) bond motifs is 1. The first-order valence-corrected chi connectivity index (χ1v) is 11.0. The maximum Gasteiger partial charge on any atom is 0.339 e. The van der Waals surface area contributed by atoms with E-state index in [2.05, 4.69) is 9.80 Å². The molecule has 0 aliphatic carbocycles. The van der Waals surface area contributed by atoms with Crippen LogP contribution in [0.15, 0.2) is 72.8 Å². The van der Waals surface area contributed by atoms with Crippen molar-refractivity contribution in [2.75, 3.05) is 49.3 Å². The first-order valence-electron chi connectivity index (χ1n) is 11.0. The highest BCUT2D eigenvalue weighted by Crippen LogP contribution is 2.43. The molecule has 0 spiro atoms. The summed E-state index contributed by atoms with van der Waals surface area (Å²) in [6.45, 7) is 0.230. The molecule has 0 bridgehead atoms. The van der Waals surface area contributed by atoms with Crippen LogP contribution in [-0.4, -0.2) is 61.7 Å². The Morgan fingerprint density at radius 2 is 1.06 bits per heavy atom. The van der Waals surface area contributed by atoms with Crippen LogP contribution in [0.3, 0.4) is 0 Å². The van der Waals surface area contributed by atoms with Crippen LogP contribution < -0.4 is 9.80 Å². The normalized spacial score (nSPS) is 12.8. The smallest absolute Gasteiger partial charge is 0.339 e. The summed E-state index contributed by atoms with van der Waals surface area (Å²) in [6.07, 6.45) is 0. The van der Waals surface area contributed by atoms with Gasteiger partial charge < -0.3 is 29.5 Å². The highest BCUT2D eigenvalue weighted by atomic mass is 16.5. The van der Waals surface area contributed by atoms with Crippen LogP contribution in [0.2, 0.25) is 0 Å². The van der Waals surface area contributed by atoms with E-state index in [0.717, 1.165) is 22.7 Å². The molecule has 0 unspecified atom stereocenters. The van der Waals surface area contributed by atoms with Crippen LogP contribution in [-0.2, 0) is 9.47 Å². The largest absolute Gasteiger partial charge is 0.460 e. The van der Waals surface area contributed by atoms with Gasteiger partial charge >= 0.3 is 11.9 Å². The Balaban J connectivity index is 1.88. The number of hydrogen-bond acceptors (Lipinski definition) is 8. The molecule has 2 N–H and O–H groups in total. The number of hydrogen-bond donors (Lipinski definition) is 2. The van der Waals surface area contributed by atoms with Crippen molar-refractivity contribution in [2.24, 2.45) is 0 Å². The number of nitrogens with zero attached hydrogens (tertiary/aromatic N) is 2. The van der Waals surface area contributed by atoms with E-state index in [-0.39, 0.29) is 37.6 Å². The predicted molar refractivity (Wildman–Crippen MR) is 128 cm³/mol. The first-order chi connectivity index (χ1) is 16.6. The zero-order chi connectivity index (χ0) is 23.9. The molecule has 0 amide bonds. The van der Waals surface area contributed by atoms with Gasteiger partial charge in [-0.05, 0) is 36.4 Å². The molecule has 1 aliphatic rings. The SMILES string of the molecule is O=C(OCCO)c1cc2c(cc1C(=O)OCCO)N(c1ccccc1)CCN2c1ccccc1. The molecule has 1 aliphatic heterocycles. The molecule has 0 saturated heterocycles. The Labute approximate surface area is 197 Å². The van der Waals surface area contributed by atoms with Gasteiger partial charge in [0.15, 0.2) is 0 Å². The fourth-order valence-corrected chi connectivity index (χ4v) is 3.97. The highest BCUT2D eigenvalue weighted by Gasteiger charge is 2.30. The summed E-state index contributed by atoms with van der Waals surface area (Å²) in [4.78, 5) is 29.9. The van der Waals surface area contributed by atoms with Crippen LogP contribution in [0.1, 0.15) is 20.7 Å². The maximum absolute atomic E-state index is 12.9. The Kier molecular flexibility index (Phi) is 7.41. The van der Waals surface area contributed by atoms with Gasteiger partial charge in [-0.2, -0.15) is 0 Å². The average Bonchev–Trinajstić information content (AvgIpc) is 2.89. The summed E-state index contributed by atoms with van der Waals surface area (Å²) >= 11 is 0. The van der Waals surface area contributed by atoms with Crippen LogP contribution in [0.25, 0.3) is 0 Å². The molecule has 1 heterocycles. The van der Waals surface area contributed by atoms with Crippen LogP contribution in [0.4, 0.5) is 22.7 Å². The molecule has 3 aromatic carbocycles. The van der Waals surface area contributed by atoms with Crippen molar-refractivity contribution in [1.82, 2.24) is 0 Å². The molecule has 34 heavy (non-hydrogen) atoms. The number of esters is 2. The lowest BCUT2D eigenvalue weighted by Gasteiger charge is -2.39. The summed E-state index contributed by atoms with van der Waals surface area (Å²) in [5.41, 5.74) is 3.42. The van der Waals surface area contributed by atoms with E-state index < -0.39 is 11.9 Å². The number of aliphatic hydroxyl groups excluding tert-OH is 2. The number of anilines is 4. The Hall–Kier alpha value is -3.88. The molecule has 8 heteroatoms. The second-order valence-electron chi connectivity index (χ2n) is 7.58.